The highest BCUT2D eigenvalue weighted by molar-refractivity contribution is 6.30. The molecule has 0 unspecified atom stereocenters. The topological polar surface area (TPSA) is 55.7 Å². The molecule has 0 bridgehead atoms. The van der Waals surface area contributed by atoms with Gasteiger partial charge in [-0.2, -0.15) is 5.10 Å². The van der Waals surface area contributed by atoms with Crippen LogP contribution in [0.15, 0.2) is 30.5 Å². The van der Waals surface area contributed by atoms with Gasteiger partial charge in [0.05, 0.1) is 11.9 Å². The minimum absolute atomic E-state index is 0.0625. The lowest BCUT2D eigenvalue weighted by Gasteiger charge is -1.99. The van der Waals surface area contributed by atoms with Crippen molar-refractivity contribution >= 4 is 17.9 Å². The summed E-state index contributed by atoms with van der Waals surface area (Å²) in [6.45, 7) is 0. The Kier molecular flexibility index (Phi) is 2.69. The molecule has 1 aromatic carbocycles. The van der Waals surface area contributed by atoms with Crippen LogP contribution in [0.25, 0.3) is 11.3 Å². The Balaban J connectivity index is 2.49. The van der Waals surface area contributed by atoms with Crippen molar-refractivity contribution in [3.63, 3.8) is 0 Å². The van der Waals surface area contributed by atoms with Crippen LogP contribution in [0.5, 0.6) is 0 Å². The molecule has 0 N–H and O–H groups in total. The van der Waals surface area contributed by atoms with Crippen molar-refractivity contribution < 1.29 is 4.79 Å². The van der Waals surface area contributed by atoms with Crippen LogP contribution in [0.2, 0.25) is 5.02 Å². The zero-order valence-corrected chi connectivity index (χ0v) is 8.35. The van der Waals surface area contributed by atoms with Gasteiger partial charge in [-0.15, -0.1) is 5.10 Å². The fourth-order valence-electron chi connectivity index (χ4n) is 1.15. The average molecular weight is 220 g/mol. The van der Waals surface area contributed by atoms with Gasteiger partial charge in [0.2, 0.25) is 5.82 Å². The van der Waals surface area contributed by atoms with Crippen molar-refractivity contribution in [2.24, 2.45) is 0 Å². The predicted molar refractivity (Wildman–Crippen MR) is 55.7 cm³/mol. The summed E-state index contributed by atoms with van der Waals surface area (Å²) in [7, 11) is 0. The molecule has 0 saturated heterocycles. The van der Waals surface area contributed by atoms with E-state index in [9.17, 15) is 4.79 Å². The van der Waals surface area contributed by atoms with Gasteiger partial charge in [0.1, 0.15) is 0 Å². The number of rotatable bonds is 2. The van der Waals surface area contributed by atoms with Crippen LogP contribution in [0, 0.1) is 0 Å². The standard InChI is InChI=1S/C10H6ClN3O/c11-8-3-1-2-7(4-8)9-5-12-14-10(6-15)13-9/h1-6H. The molecule has 2 aromatic rings. The molecule has 1 heterocycles. The highest BCUT2D eigenvalue weighted by Gasteiger charge is 2.02. The molecule has 15 heavy (non-hydrogen) atoms. The van der Waals surface area contributed by atoms with E-state index in [2.05, 4.69) is 15.2 Å². The quantitative estimate of drug-likeness (QED) is 0.725. The van der Waals surface area contributed by atoms with E-state index in [1.807, 2.05) is 6.07 Å². The number of hydrogen-bond donors (Lipinski definition) is 0. The van der Waals surface area contributed by atoms with Crippen molar-refractivity contribution in [1.29, 1.82) is 0 Å². The molecule has 1 aromatic heterocycles. The third-order valence-corrected chi connectivity index (χ3v) is 2.04. The van der Waals surface area contributed by atoms with Crippen LogP contribution >= 0.6 is 11.6 Å². The van der Waals surface area contributed by atoms with Crippen LogP contribution in [0.1, 0.15) is 10.6 Å². The molecule has 0 radical (unpaired) electrons. The van der Waals surface area contributed by atoms with Crippen LogP contribution in [-0.4, -0.2) is 21.5 Å². The van der Waals surface area contributed by atoms with Crippen LogP contribution in [0.4, 0.5) is 0 Å². The van der Waals surface area contributed by atoms with Gasteiger partial charge < -0.3 is 0 Å². The number of carbonyl (C=O) groups excluding carboxylic acids is 1. The van der Waals surface area contributed by atoms with Crippen LogP contribution in [-0.2, 0) is 0 Å². The van der Waals surface area contributed by atoms with Crippen molar-refractivity contribution in [3.8, 4) is 11.3 Å². The van der Waals surface area contributed by atoms with Crippen molar-refractivity contribution in [1.82, 2.24) is 15.2 Å². The zero-order valence-electron chi connectivity index (χ0n) is 7.59. The first kappa shape index (κ1) is 9.73. The monoisotopic (exact) mass is 219 g/mol. The summed E-state index contributed by atoms with van der Waals surface area (Å²) in [5, 5.41) is 7.83. The molecule has 5 heteroatoms. The summed E-state index contributed by atoms with van der Waals surface area (Å²) in [6, 6.07) is 7.16. The predicted octanol–water partition coefficient (Wildman–Crippen LogP) is 2.00. The van der Waals surface area contributed by atoms with E-state index in [0.29, 0.717) is 17.0 Å². The summed E-state index contributed by atoms with van der Waals surface area (Å²) >= 11 is 5.84. The molecule has 0 atom stereocenters. The Morgan fingerprint density at radius 2 is 2.20 bits per heavy atom. The summed E-state index contributed by atoms with van der Waals surface area (Å²) < 4.78 is 0. The van der Waals surface area contributed by atoms with Crippen molar-refractivity contribution in [2.45, 2.75) is 0 Å². The third kappa shape index (κ3) is 2.16. The largest absolute Gasteiger partial charge is 0.294 e. The van der Waals surface area contributed by atoms with Gasteiger partial charge in [-0.05, 0) is 12.1 Å². The first-order valence-electron chi connectivity index (χ1n) is 4.20. The lowest BCUT2D eigenvalue weighted by atomic mass is 10.2. The lowest BCUT2D eigenvalue weighted by molar-refractivity contribution is 0.111. The molecule has 2 rings (SSSR count). The van der Waals surface area contributed by atoms with Gasteiger partial charge in [0.15, 0.2) is 6.29 Å². The van der Waals surface area contributed by atoms with Gasteiger partial charge in [0.25, 0.3) is 0 Å². The van der Waals surface area contributed by atoms with Gasteiger partial charge >= 0.3 is 0 Å². The Bertz CT molecular complexity index is 502. The molecule has 0 aliphatic carbocycles. The lowest BCUT2D eigenvalue weighted by Crippen LogP contribution is -1.96. The number of hydrogen-bond acceptors (Lipinski definition) is 4. The van der Waals surface area contributed by atoms with E-state index < -0.39 is 0 Å². The SMILES string of the molecule is O=Cc1nncc(-c2cccc(Cl)c2)n1. The maximum absolute atomic E-state index is 10.5. The molecular formula is C10H6ClN3O. The second-order valence-corrected chi connectivity index (χ2v) is 3.26. The molecular weight excluding hydrogens is 214 g/mol. The Labute approximate surface area is 90.9 Å². The van der Waals surface area contributed by atoms with Gasteiger partial charge in [0, 0.05) is 10.6 Å². The van der Waals surface area contributed by atoms with Gasteiger partial charge in [-0.3, -0.25) is 4.79 Å². The highest BCUT2D eigenvalue weighted by Crippen LogP contribution is 2.19. The third-order valence-electron chi connectivity index (χ3n) is 1.80. The van der Waals surface area contributed by atoms with Crippen molar-refractivity contribution in [3.05, 3.63) is 41.3 Å². The Hall–Kier alpha value is -1.81. The highest BCUT2D eigenvalue weighted by atomic mass is 35.5. The summed E-state index contributed by atoms with van der Waals surface area (Å²) in [5.74, 6) is 0.0625. The number of nitrogens with zero attached hydrogens (tertiary/aromatic N) is 3. The second-order valence-electron chi connectivity index (χ2n) is 2.83. The minimum Gasteiger partial charge on any atom is -0.294 e. The number of aromatic nitrogens is 3. The molecule has 0 saturated carbocycles. The first-order chi connectivity index (χ1) is 7.29. The fourth-order valence-corrected chi connectivity index (χ4v) is 1.34. The van der Waals surface area contributed by atoms with Crippen LogP contribution in [0.3, 0.4) is 0 Å². The zero-order chi connectivity index (χ0) is 10.7. The second kappa shape index (κ2) is 4.14. The molecule has 0 amide bonds. The first-order valence-corrected chi connectivity index (χ1v) is 4.58. The number of benzene rings is 1. The average Bonchev–Trinajstić information content (AvgIpc) is 2.29. The number of carbonyl (C=O) groups is 1. The van der Waals surface area contributed by atoms with E-state index in [1.54, 1.807) is 18.2 Å². The smallest absolute Gasteiger partial charge is 0.215 e. The Morgan fingerprint density at radius 1 is 1.33 bits per heavy atom. The summed E-state index contributed by atoms with van der Waals surface area (Å²) in [4.78, 5) is 14.5. The van der Waals surface area contributed by atoms with Gasteiger partial charge in [-0.25, -0.2) is 4.98 Å². The normalized spacial score (nSPS) is 9.93. The maximum atomic E-state index is 10.5. The van der Waals surface area contributed by atoms with E-state index in [0.717, 1.165) is 5.56 Å². The Morgan fingerprint density at radius 3 is 2.93 bits per heavy atom. The van der Waals surface area contributed by atoms with E-state index in [4.69, 9.17) is 11.6 Å². The molecule has 4 nitrogen and oxygen atoms in total. The van der Waals surface area contributed by atoms with Crippen molar-refractivity contribution in [2.75, 3.05) is 0 Å². The maximum Gasteiger partial charge on any atom is 0.215 e. The summed E-state index contributed by atoms with van der Waals surface area (Å²) in [6.07, 6.45) is 2.04. The minimum atomic E-state index is 0.0625. The fraction of sp³-hybridized carbons (Fsp3) is 0. The molecule has 0 aliphatic heterocycles. The van der Waals surface area contributed by atoms with E-state index in [-0.39, 0.29) is 5.82 Å². The van der Waals surface area contributed by atoms with Crippen LogP contribution < -0.4 is 0 Å². The molecule has 0 spiro atoms. The molecule has 0 fully saturated rings. The molecule has 74 valence electrons. The van der Waals surface area contributed by atoms with Gasteiger partial charge in [-0.1, -0.05) is 23.7 Å². The summed E-state index contributed by atoms with van der Waals surface area (Å²) in [5.41, 5.74) is 1.38. The number of halogens is 1. The number of aldehydes is 1. The van der Waals surface area contributed by atoms with E-state index >= 15 is 0 Å². The molecule has 0 aliphatic rings. The van der Waals surface area contributed by atoms with E-state index in [1.165, 1.54) is 6.20 Å².